The molecule has 1 aliphatic rings. The van der Waals surface area contributed by atoms with Crippen LogP contribution in [0.1, 0.15) is 5.69 Å². The minimum absolute atomic E-state index is 0.0171. The highest BCUT2D eigenvalue weighted by atomic mass is 31.2. The second kappa shape index (κ2) is 7.33. The number of fused-ring (bicyclic) bond motifs is 1. The molecule has 0 bridgehead atoms. The quantitative estimate of drug-likeness (QED) is 0.406. The first kappa shape index (κ1) is 20.2. The fraction of sp³-hybridized carbons (Fsp3) is 0.235. The summed E-state index contributed by atoms with van der Waals surface area (Å²) in [5, 5.41) is 34.8. The van der Waals surface area contributed by atoms with Crippen molar-refractivity contribution in [1.82, 2.24) is 14.6 Å². The Balaban J connectivity index is 1.65. The van der Waals surface area contributed by atoms with Crippen LogP contribution in [-0.2, 0) is 19.4 Å². The summed E-state index contributed by atoms with van der Waals surface area (Å²) in [4.78, 5) is 13.9. The van der Waals surface area contributed by atoms with E-state index in [1.54, 1.807) is 24.3 Å². The van der Waals surface area contributed by atoms with Crippen LogP contribution < -0.4 is 10.3 Å². The Morgan fingerprint density at radius 1 is 1.27 bits per heavy atom. The van der Waals surface area contributed by atoms with Crippen molar-refractivity contribution in [1.29, 1.82) is 5.26 Å². The van der Waals surface area contributed by atoms with Crippen LogP contribution in [0.2, 0.25) is 0 Å². The maximum Gasteiger partial charge on any atom is 0.529 e. The summed E-state index contributed by atoms with van der Waals surface area (Å²) in [5.41, 5.74) is 3.95. The molecule has 3 heterocycles. The average molecular weight is 433 g/mol. The molecule has 30 heavy (non-hydrogen) atoms. The van der Waals surface area contributed by atoms with Gasteiger partial charge in [-0.2, -0.15) is 10.4 Å². The van der Waals surface area contributed by atoms with Gasteiger partial charge in [0.1, 0.15) is 35.9 Å². The highest BCUT2D eigenvalue weighted by Crippen LogP contribution is 2.50. The summed E-state index contributed by atoms with van der Waals surface area (Å²) in [7, 11) is -4.79. The van der Waals surface area contributed by atoms with Crippen LogP contribution in [0.25, 0.3) is 5.52 Å². The van der Waals surface area contributed by atoms with E-state index in [1.807, 2.05) is 0 Å². The van der Waals surface area contributed by atoms with Crippen molar-refractivity contribution in [3.8, 4) is 11.8 Å². The third kappa shape index (κ3) is 3.29. The number of nitrogens with zero attached hydrogens (tertiary/aromatic N) is 4. The molecule has 0 amide bonds. The molecule has 3 aromatic rings. The summed E-state index contributed by atoms with van der Waals surface area (Å²) < 4.78 is 28.9. The minimum atomic E-state index is -4.79. The number of para-hydroxylation sites is 1. The van der Waals surface area contributed by atoms with Crippen molar-refractivity contribution in [3.63, 3.8) is 0 Å². The van der Waals surface area contributed by atoms with Crippen LogP contribution >= 0.6 is 7.82 Å². The van der Waals surface area contributed by atoms with Crippen molar-refractivity contribution in [2.45, 2.75) is 24.1 Å². The standard InChI is InChI=1S/C17H16N5O7P/c18-8-17(12-7-6-11-15(19)20-9-21-22(11)12)14(24)13(23)16(27-17)29-30(25,26)28-10-4-2-1-3-5-10/h1-7,9,13-14,16,23-24H,(H,25,26)(H2,19,20,21)/t13-,14+,16+,17-/m0/s1. The number of aliphatic hydroxyl groups excluding tert-OH is 2. The number of hydrogen-bond donors (Lipinski definition) is 4. The largest absolute Gasteiger partial charge is 0.529 e. The number of nitriles is 1. The molecule has 156 valence electrons. The van der Waals surface area contributed by atoms with Crippen LogP contribution in [0.15, 0.2) is 48.8 Å². The normalized spacial score (nSPS) is 28.1. The number of nitrogens with two attached hydrogens (primary N) is 1. The van der Waals surface area contributed by atoms with Gasteiger partial charge in [0.05, 0.1) is 5.69 Å². The zero-order valence-corrected chi connectivity index (χ0v) is 16.0. The van der Waals surface area contributed by atoms with Gasteiger partial charge in [-0.15, -0.1) is 0 Å². The van der Waals surface area contributed by atoms with Crippen molar-refractivity contribution < 1.29 is 33.5 Å². The summed E-state index contributed by atoms with van der Waals surface area (Å²) in [6.45, 7) is 0. The Morgan fingerprint density at radius 3 is 2.70 bits per heavy atom. The molecular weight excluding hydrogens is 417 g/mol. The van der Waals surface area contributed by atoms with Gasteiger partial charge in [-0.05, 0) is 24.3 Å². The molecule has 0 spiro atoms. The van der Waals surface area contributed by atoms with Crippen LogP contribution in [0, 0.1) is 11.3 Å². The topological polar surface area (TPSA) is 185 Å². The molecule has 1 saturated heterocycles. The van der Waals surface area contributed by atoms with E-state index in [2.05, 4.69) is 10.1 Å². The highest BCUT2D eigenvalue weighted by molar-refractivity contribution is 7.47. The third-order valence-corrected chi connectivity index (χ3v) is 5.47. The first-order chi connectivity index (χ1) is 14.3. The molecule has 1 fully saturated rings. The number of hydrogen-bond acceptors (Lipinski definition) is 10. The van der Waals surface area contributed by atoms with Gasteiger partial charge in [0, 0.05) is 0 Å². The maximum absolute atomic E-state index is 12.3. The molecular formula is C17H16N5O7P. The van der Waals surface area contributed by atoms with Crippen LogP contribution in [0.3, 0.4) is 0 Å². The van der Waals surface area contributed by atoms with Gasteiger partial charge in [0.2, 0.25) is 11.9 Å². The maximum atomic E-state index is 12.3. The molecule has 12 nitrogen and oxygen atoms in total. The first-order valence-corrected chi connectivity index (χ1v) is 10.1. The summed E-state index contributed by atoms with van der Waals surface area (Å²) in [6.07, 6.45) is -4.42. The Labute approximate surface area is 169 Å². The van der Waals surface area contributed by atoms with Crippen LogP contribution in [0.5, 0.6) is 5.75 Å². The number of rotatable bonds is 5. The van der Waals surface area contributed by atoms with E-state index in [4.69, 9.17) is 19.5 Å². The minimum Gasteiger partial charge on any atom is -0.404 e. The van der Waals surface area contributed by atoms with Gasteiger partial charge in [-0.3, -0.25) is 4.89 Å². The number of ether oxygens (including phenoxy) is 1. The number of nitrogen functional groups attached to an aromatic ring is 1. The van der Waals surface area contributed by atoms with E-state index in [9.17, 15) is 24.9 Å². The zero-order chi connectivity index (χ0) is 21.5. The van der Waals surface area contributed by atoms with Crippen molar-refractivity contribution in [2.75, 3.05) is 5.73 Å². The van der Waals surface area contributed by atoms with Gasteiger partial charge in [-0.25, -0.2) is 18.6 Å². The Bertz CT molecular complexity index is 1170. The van der Waals surface area contributed by atoms with Gasteiger partial charge in [0.25, 0.3) is 0 Å². The van der Waals surface area contributed by atoms with E-state index < -0.39 is 31.9 Å². The monoisotopic (exact) mass is 433 g/mol. The van der Waals surface area contributed by atoms with E-state index in [1.165, 1.54) is 28.8 Å². The number of phosphoric acid groups is 1. The molecule has 4 rings (SSSR count). The molecule has 0 radical (unpaired) electrons. The number of aliphatic hydroxyl groups is 2. The predicted molar refractivity (Wildman–Crippen MR) is 99.6 cm³/mol. The molecule has 2 aromatic heterocycles. The molecule has 0 saturated carbocycles. The number of phosphoric ester groups is 1. The van der Waals surface area contributed by atoms with Gasteiger partial charge < -0.3 is 25.2 Å². The molecule has 1 unspecified atom stereocenters. The Hall–Kier alpha value is -3.04. The lowest BCUT2D eigenvalue weighted by molar-refractivity contribution is -0.140. The predicted octanol–water partition coefficient (Wildman–Crippen LogP) is 0.304. The molecule has 1 aromatic carbocycles. The number of benzene rings is 1. The zero-order valence-electron chi connectivity index (χ0n) is 15.1. The summed E-state index contributed by atoms with van der Waals surface area (Å²) in [5.74, 6) is 0.147. The summed E-state index contributed by atoms with van der Waals surface area (Å²) >= 11 is 0. The fourth-order valence-corrected chi connectivity index (χ4v) is 4.02. The van der Waals surface area contributed by atoms with Gasteiger partial charge >= 0.3 is 7.82 Å². The van der Waals surface area contributed by atoms with E-state index >= 15 is 0 Å². The summed E-state index contributed by atoms with van der Waals surface area (Å²) in [6, 6.07) is 12.4. The first-order valence-electron chi connectivity index (χ1n) is 8.57. The van der Waals surface area contributed by atoms with E-state index in [0.29, 0.717) is 5.52 Å². The lowest BCUT2D eigenvalue weighted by atomic mass is 9.93. The van der Waals surface area contributed by atoms with Crippen molar-refractivity contribution >= 4 is 19.2 Å². The molecule has 5 atom stereocenters. The fourth-order valence-electron chi connectivity index (χ4n) is 3.16. The average Bonchev–Trinajstić information content (AvgIpc) is 3.25. The molecule has 1 aliphatic heterocycles. The van der Waals surface area contributed by atoms with Gasteiger partial charge in [0.15, 0.2) is 5.82 Å². The lowest BCUT2D eigenvalue weighted by Crippen LogP contribution is -2.40. The lowest BCUT2D eigenvalue weighted by Gasteiger charge is -2.24. The van der Waals surface area contributed by atoms with Crippen LogP contribution in [-0.4, -0.2) is 48.2 Å². The second-order valence-electron chi connectivity index (χ2n) is 6.41. The van der Waals surface area contributed by atoms with Crippen molar-refractivity contribution in [3.05, 3.63) is 54.5 Å². The Morgan fingerprint density at radius 2 is 2.00 bits per heavy atom. The van der Waals surface area contributed by atoms with Crippen molar-refractivity contribution in [2.24, 2.45) is 0 Å². The van der Waals surface area contributed by atoms with Crippen LogP contribution in [0.4, 0.5) is 5.82 Å². The van der Waals surface area contributed by atoms with E-state index in [0.717, 1.165) is 6.33 Å². The number of aromatic nitrogens is 3. The molecule has 5 N–H and O–H groups in total. The Kier molecular flexibility index (Phi) is 4.95. The highest BCUT2D eigenvalue weighted by Gasteiger charge is 2.59. The van der Waals surface area contributed by atoms with E-state index in [-0.39, 0.29) is 17.3 Å². The smallest absolute Gasteiger partial charge is 0.404 e. The third-order valence-electron chi connectivity index (χ3n) is 4.55. The molecule has 0 aliphatic carbocycles. The second-order valence-corrected chi connectivity index (χ2v) is 7.74. The van der Waals surface area contributed by atoms with Gasteiger partial charge in [-0.1, -0.05) is 18.2 Å². The number of anilines is 1. The molecule has 13 heteroatoms. The SMILES string of the molecule is N#C[C@@]1(c2ccc3c(N)ncnn23)O[C@H](OP(=O)(O)Oc2ccccc2)[C@@H](O)[C@H]1O.